The number of hydrogen-bond donors (Lipinski definition) is 0. The molecule has 1 fully saturated rings. The molecule has 0 amide bonds. The third kappa shape index (κ3) is 9.01. The Morgan fingerprint density at radius 1 is 0.643 bits per heavy atom. The average molecular weight is 395 g/mol. The summed E-state index contributed by atoms with van der Waals surface area (Å²) >= 11 is 0. The Kier molecular flexibility index (Phi) is 11.1. The van der Waals surface area contributed by atoms with Crippen LogP contribution in [-0.2, 0) is 23.7 Å². The summed E-state index contributed by atoms with van der Waals surface area (Å²) in [4.78, 5) is 0. The van der Waals surface area contributed by atoms with Crippen molar-refractivity contribution in [3.8, 4) is 0 Å². The maximum absolute atomic E-state index is 6.04. The number of rotatable bonds is 16. The molecule has 1 aromatic carbocycles. The Bertz CT molecular complexity index is 505. The minimum atomic E-state index is 0.0910. The van der Waals surface area contributed by atoms with Crippen LogP contribution in [0.2, 0.25) is 0 Å². The Labute approximate surface area is 170 Å². The lowest BCUT2D eigenvalue weighted by Crippen LogP contribution is -2.14. The molecule has 1 aromatic rings. The van der Waals surface area contributed by atoms with Crippen molar-refractivity contribution < 1.29 is 23.7 Å². The summed E-state index contributed by atoms with van der Waals surface area (Å²) in [5.74, 6) is 1.39. The summed E-state index contributed by atoms with van der Waals surface area (Å²) in [6.07, 6.45) is 0.188. The van der Waals surface area contributed by atoms with E-state index in [0.29, 0.717) is 57.4 Å². The highest BCUT2D eigenvalue weighted by atomic mass is 16.6. The van der Waals surface area contributed by atoms with Gasteiger partial charge in [0.1, 0.15) is 0 Å². The van der Waals surface area contributed by atoms with Crippen LogP contribution < -0.4 is 0 Å². The van der Waals surface area contributed by atoms with E-state index in [9.17, 15) is 0 Å². The van der Waals surface area contributed by atoms with Crippen LogP contribution in [0.4, 0.5) is 0 Å². The van der Waals surface area contributed by atoms with Crippen molar-refractivity contribution in [1.29, 1.82) is 0 Å². The molecule has 3 atom stereocenters. The molecule has 1 aliphatic rings. The van der Waals surface area contributed by atoms with Crippen molar-refractivity contribution >= 4 is 0 Å². The topological polar surface area (TPSA) is 46.2 Å². The van der Waals surface area contributed by atoms with Gasteiger partial charge in [0.05, 0.1) is 51.8 Å². The van der Waals surface area contributed by atoms with Gasteiger partial charge in [-0.25, -0.2) is 0 Å². The molecule has 0 N–H and O–H groups in total. The molecular formula is C23H38O5. The van der Waals surface area contributed by atoms with Gasteiger partial charge in [0.2, 0.25) is 0 Å². The van der Waals surface area contributed by atoms with Gasteiger partial charge in [0.15, 0.2) is 0 Å². The van der Waals surface area contributed by atoms with E-state index >= 15 is 0 Å². The highest BCUT2D eigenvalue weighted by molar-refractivity contribution is 5.30. The van der Waals surface area contributed by atoms with Crippen LogP contribution in [0.25, 0.3) is 0 Å². The van der Waals surface area contributed by atoms with Crippen LogP contribution >= 0.6 is 0 Å². The molecule has 0 saturated heterocycles. The van der Waals surface area contributed by atoms with Gasteiger partial charge >= 0.3 is 0 Å². The van der Waals surface area contributed by atoms with Gasteiger partial charge in [-0.1, -0.05) is 58.0 Å². The lowest BCUT2D eigenvalue weighted by atomic mass is 10.1. The van der Waals surface area contributed by atoms with E-state index in [-0.39, 0.29) is 12.2 Å². The van der Waals surface area contributed by atoms with E-state index in [2.05, 4.69) is 52.0 Å². The third-order valence-electron chi connectivity index (χ3n) is 4.43. The maximum Gasteiger partial charge on any atom is 0.0939 e. The molecule has 1 aliphatic carbocycles. The largest absolute Gasteiger partial charge is 0.379 e. The molecule has 28 heavy (non-hydrogen) atoms. The number of ether oxygens (including phenoxy) is 5. The zero-order valence-corrected chi connectivity index (χ0v) is 18.0. The van der Waals surface area contributed by atoms with Gasteiger partial charge in [-0.05, 0) is 17.4 Å². The van der Waals surface area contributed by atoms with Crippen molar-refractivity contribution in [3.63, 3.8) is 0 Å². The van der Waals surface area contributed by atoms with Crippen molar-refractivity contribution in [2.24, 2.45) is 11.8 Å². The van der Waals surface area contributed by atoms with Crippen LogP contribution in [0.1, 0.15) is 39.2 Å². The fourth-order valence-electron chi connectivity index (χ4n) is 3.05. The first-order chi connectivity index (χ1) is 13.6. The first-order valence-corrected chi connectivity index (χ1v) is 10.6. The molecule has 3 unspecified atom stereocenters. The van der Waals surface area contributed by atoms with Gasteiger partial charge in [-0.2, -0.15) is 0 Å². The standard InChI is InChI=1S/C23H38O5/c1-18(2)16-25-11-10-24-12-14-27-22-21(20-8-6-5-7-9-20)23(22)28-15-13-26-17-19(3)4/h5-9,18-19,21-23H,10-17H2,1-4H3. The smallest absolute Gasteiger partial charge is 0.0939 e. The lowest BCUT2D eigenvalue weighted by molar-refractivity contribution is -0.0167. The highest BCUT2D eigenvalue weighted by Gasteiger charge is 2.53. The van der Waals surface area contributed by atoms with Crippen molar-refractivity contribution in [2.45, 2.75) is 45.8 Å². The minimum Gasteiger partial charge on any atom is -0.379 e. The SMILES string of the molecule is CC(C)COCCOCCOC1C(OCCOCC(C)C)C1c1ccccc1. The molecule has 0 bridgehead atoms. The second kappa shape index (κ2) is 13.3. The molecule has 0 spiro atoms. The van der Waals surface area contributed by atoms with E-state index in [1.165, 1.54) is 5.56 Å². The van der Waals surface area contributed by atoms with Gasteiger partial charge in [0.25, 0.3) is 0 Å². The predicted octanol–water partition coefficient (Wildman–Crippen LogP) is 3.92. The Morgan fingerprint density at radius 3 is 1.64 bits per heavy atom. The van der Waals surface area contributed by atoms with Gasteiger partial charge < -0.3 is 23.7 Å². The summed E-state index contributed by atoms with van der Waals surface area (Å²) in [5.41, 5.74) is 1.27. The van der Waals surface area contributed by atoms with Crippen LogP contribution in [0.3, 0.4) is 0 Å². The molecule has 0 aromatic heterocycles. The first-order valence-electron chi connectivity index (χ1n) is 10.6. The van der Waals surface area contributed by atoms with E-state index in [1.54, 1.807) is 0 Å². The highest BCUT2D eigenvalue weighted by Crippen LogP contribution is 2.46. The van der Waals surface area contributed by atoms with E-state index in [0.717, 1.165) is 13.2 Å². The maximum atomic E-state index is 6.04. The van der Waals surface area contributed by atoms with Gasteiger partial charge in [-0.15, -0.1) is 0 Å². The summed E-state index contributed by atoms with van der Waals surface area (Å²) in [5, 5.41) is 0. The van der Waals surface area contributed by atoms with Crippen LogP contribution in [0, 0.1) is 11.8 Å². The zero-order chi connectivity index (χ0) is 20.2. The average Bonchev–Trinajstić information content (AvgIpc) is 3.36. The Balaban J connectivity index is 1.63. The summed E-state index contributed by atoms with van der Waals surface area (Å²) < 4.78 is 28.8. The number of hydrogen-bond acceptors (Lipinski definition) is 5. The van der Waals surface area contributed by atoms with Gasteiger partial charge in [0, 0.05) is 19.1 Å². The predicted molar refractivity (Wildman–Crippen MR) is 111 cm³/mol. The molecule has 5 nitrogen and oxygen atoms in total. The van der Waals surface area contributed by atoms with E-state index in [4.69, 9.17) is 23.7 Å². The van der Waals surface area contributed by atoms with Crippen molar-refractivity contribution in [3.05, 3.63) is 35.9 Å². The molecule has 1 saturated carbocycles. The normalized spacial score (nSPS) is 21.6. The molecule has 5 heteroatoms. The first kappa shape index (κ1) is 23.3. The lowest BCUT2D eigenvalue weighted by Gasteiger charge is -2.08. The molecule has 0 heterocycles. The Hall–Kier alpha value is -0.980. The third-order valence-corrected chi connectivity index (χ3v) is 4.43. The number of benzene rings is 1. The van der Waals surface area contributed by atoms with Crippen LogP contribution in [0.15, 0.2) is 30.3 Å². The zero-order valence-electron chi connectivity index (χ0n) is 18.0. The van der Waals surface area contributed by atoms with Crippen LogP contribution in [0.5, 0.6) is 0 Å². The molecule has 2 rings (SSSR count). The summed E-state index contributed by atoms with van der Waals surface area (Å²) in [7, 11) is 0. The molecule has 0 radical (unpaired) electrons. The minimum absolute atomic E-state index is 0.0910. The summed E-state index contributed by atoms with van der Waals surface area (Å²) in [6, 6.07) is 10.4. The summed E-state index contributed by atoms with van der Waals surface area (Å²) in [6.45, 7) is 13.7. The second-order valence-corrected chi connectivity index (χ2v) is 8.16. The second-order valence-electron chi connectivity index (χ2n) is 8.16. The molecule has 0 aliphatic heterocycles. The molecule has 160 valence electrons. The fourth-order valence-corrected chi connectivity index (χ4v) is 3.05. The van der Waals surface area contributed by atoms with E-state index < -0.39 is 0 Å². The van der Waals surface area contributed by atoms with Gasteiger partial charge in [-0.3, -0.25) is 0 Å². The molecular weight excluding hydrogens is 356 g/mol. The van der Waals surface area contributed by atoms with Crippen molar-refractivity contribution in [2.75, 3.05) is 52.9 Å². The van der Waals surface area contributed by atoms with Crippen LogP contribution in [-0.4, -0.2) is 65.1 Å². The quantitative estimate of drug-likeness (QED) is 0.398. The Morgan fingerprint density at radius 2 is 1.11 bits per heavy atom. The fraction of sp³-hybridized carbons (Fsp3) is 0.739. The monoisotopic (exact) mass is 394 g/mol. The van der Waals surface area contributed by atoms with E-state index in [1.807, 2.05) is 6.07 Å². The van der Waals surface area contributed by atoms with Crippen molar-refractivity contribution in [1.82, 2.24) is 0 Å².